The van der Waals surface area contributed by atoms with Crippen molar-refractivity contribution in [3.8, 4) is 5.75 Å². The van der Waals surface area contributed by atoms with Crippen LogP contribution in [0, 0.1) is 11.6 Å². The molecule has 0 bridgehead atoms. The predicted molar refractivity (Wildman–Crippen MR) is 75.1 cm³/mol. The number of methoxy groups -OCH3 is 1. The molecule has 2 nitrogen and oxygen atoms in total. The summed E-state index contributed by atoms with van der Waals surface area (Å²) in [7, 11) is 1.35. The van der Waals surface area contributed by atoms with E-state index in [1.54, 1.807) is 6.07 Å². The van der Waals surface area contributed by atoms with Crippen molar-refractivity contribution < 1.29 is 18.3 Å². The molecule has 2 aromatic carbocycles. The Hall–Kier alpha value is -1.75. The first kappa shape index (κ1) is 14.7. The first-order valence-electron chi connectivity index (χ1n) is 5.82. The average molecular weight is 341 g/mol. The molecule has 2 aromatic rings. The molecule has 0 unspecified atom stereocenters. The van der Waals surface area contributed by atoms with Gasteiger partial charge in [-0.15, -0.1) is 0 Å². The number of halogens is 3. The Morgan fingerprint density at radius 3 is 2.70 bits per heavy atom. The normalized spacial score (nSPS) is 10.4. The van der Waals surface area contributed by atoms with Crippen molar-refractivity contribution in [3.63, 3.8) is 0 Å². The van der Waals surface area contributed by atoms with Gasteiger partial charge < -0.3 is 4.74 Å². The molecule has 0 saturated heterocycles. The van der Waals surface area contributed by atoms with Gasteiger partial charge in [-0.1, -0.05) is 28.1 Å². The van der Waals surface area contributed by atoms with Gasteiger partial charge in [0.05, 0.1) is 12.7 Å². The highest BCUT2D eigenvalue weighted by Gasteiger charge is 2.16. The summed E-state index contributed by atoms with van der Waals surface area (Å²) >= 11 is 3.17. The molecule has 0 spiro atoms. The zero-order chi connectivity index (χ0) is 14.7. The lowest BCUT2D eigenvalue weighted by Gasteiger charge is -2.07. The van der Waals surface area contributed by atoms with Gasteiger partial charge in [0, 0.05) is 10.9 Å². The quantitative estimate of drug-likeness (QED) is 0.781. The van der Waals surface area contributed by atoms with Crippen LogP contribution in [0.1, 0.15) is 15.9 Å². The Balaban J connectivity index is 2.30. The second-order valence-corrected chi connectivity index (χ2v) is 5.07. The van der Waals surface area contributed by atoms with Crippen molar-refractivity contribution in [1.29, 1.82) is 0 Å². The van der Waals surface area contributed by atoms with E-state index >= 15 is 0 Å². The van der Waals surface area contributed by atoms with Crippen LogP contribution in [0.25, 0.3) is 0 Å². The van der Waals surface area contributed by atoms with Gasteiger partial charge in [0.2, 0.25) is 0 Å². The third-order valence-electron chi connectivity index (χ3n) is 2.84. The van der Waals surface area contributed by atoms with Gasteiger partial charge in [-0.3, -0.25) is 4.79 Å². The third-order valence-corrected chi connectivity index (χ3v) is 3.34. The Kier molecular flexibility index (Phi) is 4.49. The molecule has 0 aliphatic rings. The van der Waals surface area contributed by atoms with Crippen LogP contribution in [0.5, 0.6) is 5.75 Å². The van der Waals surface area contributed by atoms with Gasteiger partial charge in [-0.05, 0) is 29.8 Å². The molecule has 0 amide bonds. The number of hydrogen-bond donors (Lipinski definition) is 0. The minimum atomic E-state index is -0.624. The van der Waals surface area contributed by atoms with E-state index in [2.05, 4.69) is 15.9 Å². The summed E-state index contributed by atoms with van der Waals surface area (Å²) in [6.07, 6.45) is -0.226. The summed E-state index contributed by atoms with van der Waals surface area (Å²) in [4.78, 5) is 12.1. The van der Waals surface area contributed by atoms with E-state index in [0.29, 0.717) is 4.47 Å². The molecule has 0 aromatic heterocycles. The molecular formula is C15H11BrF2O2. The molecule has 0 saturated carbocycles. The highest BCUT2D eigenvalue weighted by molar-refractivity contribution is 9.10. The second-order valence-electron chi connectivity index (χ2n) is 4.16. The van der Waals surface area contributed by atoms with Gasteiger partial charge in [-0.2, -0.15) is 0 Å². The summed E-state index contributed by atoms with van der Waals surface area (Å²) in [6.45, 7) is 0. The number of carbonyl (C=O) groups excluding carboxylic acids is 1. The minimum Gasteiger partial charge on any atom is -0.494 e. The van der Waals surface area contributed by atoms with Gasteiger partial charge in [-0.25, -0.2) is 8.78 Å². The fraction of sp³-hybridized carbons (Fsp3) is 0.133. The summed E-state index contributed by atoms with van der Waals surface area (Å²) in [5, 5.41) is 0. The molecule has 0 heterocycles. The summed E-state index contributed by atoms with van der Waals surface area (Å²) < 4.78 is 33.0. The van der Waals surface area contributed by atoms with Crippen LogP contribution in [0.2, 0.25) is 0 Å². The van der Waals surface area contributed by atoms with Gasteiger partial charge in [0.1, 0.15) is 5.82 Å². The van der Waals surface area contributed by atoms with Crippen molar-refractivity contribution >= 4 is 21.7 Å². The lowest BCUT2D eigenvalue weighted by molar-refractivity contribution is 0.0988. The topological polar surface area (TPSA) is 26.3 Å². The maximum Gasteiger partial charge on any atom is 0.170 e. The molecule has 2 rings (SSSR count). The lowest BCUT2D eigenvalue weighted by Crippen LogP contribution is -2.08. The fourth-order valence-corrected chi connectivity index (χ4v) is 2.19. The van der Waals surface area contributed by atoms with Crippen molar-refractivity contribution in [3.05, 3.63) is 63.6 Å². The van der Waals surface area contributed by atoms with Gasteiger partial charge >= 0.3 is 0 Å². The first-order chi connectivity index (χ1) is 9.52. The van der Waals surface area contributed by atoms with Crippen molar-refractivity contribution in [2.75, 3.05) is 7.11 Å². The molecule has 0 fully saturated rings. The van der Waals surface area contributed by atoms with E-state index in [0.717, 1.165) is 0 Å². The van der Waals surface area contributed by atoms with E-state index < -0.39 is 17.4 Å². The number of rotatable bonds is 4. The summed E-state index contributed by atoms with van der Waals surface area (Å²) in [6, 6.07) is 8.60. The Bertz CT molecular complexity index is 656. The van der Waals surface area contributed by atoms with Gasteiger partial charge in [0.25, 0.3) is 0 Å². The van der Waals surface area contributed by atoms with Crippen LogP contribution in [-0.2, 0) is 6.42 Å². The number of hydrogen-bond acceptors (Lipinski definition) is 2. The number of Topliss-reactive ketones (excluding diaryl/α,β-unsaturated/α-hetero) is 1. The van der Waals surface area contributed by atoms with Crippen LogP contribution >= 0.6 is 15.9 Å². The largest absolute Gasteiger partial charge is 0.494 e. The van der Waals surface area contributed by atoms with Crippen molar-refractivity contribution in [1.82, 2.24) is 0 Å². The number of ether oxygens (including phenoxy) is 1. The molecule has 0 radical (unpaired) electrons. The highest BCUT2D eigenvalue weighted by Crippen LogP contribution is 2.23. The molecule has 0 aliphatic carbocycles. The minimum absolute atomic E-state index is 0.0602. The summed E-state index contributed by atoms with van der Waals surface area (Å²) in [5.74, 6) is -1.65. The summed E-state index contributed by atoms with van der Waals surface area (Å²) in [5.41, 5.74) is 0.107. The number of carbonyl (C=O) groups is 1. The maximum absolute atomic E-state index is 13.9. The Morgan fingerprint density at radius 1 is 1.25 bits per heavy atom. The van der Waals surface area contributed by atoms with Crippen LogP contribution in [-0.4, -0.2) is 12.9 Å². The van der Waals surface area contributed by atoms with E-state index in [1.165, 1.54) is 37.4 Å². The van der Waals surface area contributed by atoms with E-state index in [1.807, 2.05) is 0 Å². The Morgan fingerprint density at radius 2 is 2.00 bits per heavy atom. The van der Waals surface area contributed by atoms with E-state index in [4.69, 9.17) is 4.74 Å². The van der Waals surface area contributed by atoms with Crippen LogP contribution in [0.4, 0.5) is 8.78 Å². The van der Waals surface area contributed by atoms with E-state index in [-0.39, 0.29) is 23.3 Å². The van der Waals surface area contributed by atoms with Crippen molar-refractivity contribution in [2.45, 2.75) is 6.42 Å². The standard InChI is InChI=1S/C15H11BrF2O2/c1-20-14-4-2-3-9(15(14)18)7-13(19)11-8-10(16)5-6-12(11)17/h2-6,8H,7H2,1H3. The monoisotopic (exact) mass is 340 g/mol. The zero-order valence-corrected chi connectivity index (χ0v) is 12.2. The molecule has 5 heteroatoms. The van der Waals surface area contributed by atoms with Crippen LogP contribution < -0.4 is 4.74 Å². The zero-order valence-electron chi connectivity index (χ0n) is 10.6. The molecule has 0 N–H and O–H groups in total. The van der Waals surface area contributed by atoms with Crippen molar-refractivity contribution in [2.24, 2.45) is 0 Å². The number of ketones is 1. The third kappa shape index (κ3) is 3.04. The predicted octanol–water partition coefficient (Wildman–Crippen LogP) is 4.16. The molecule has 0 aliphatic heterocycles. The number of benzene rings is 2. The molecule has 104 valence electrons. The average Bonchev–Trinajstić information content (AvgIpc) is 2.43. The molecule has 0 atom stereocenters. The van der Waals surface area contributed by atoms with Gasteiger partial charge in [0.15, 0.2) is 17.3 Å². The lowest BCUT2D eigenvalue weighted by atomic mass is 10.0. The smallest absolute Gasteiger partial charge is 0.170 e. The SMILES string of the molecule is COc1cccc(CC(=O)c2cc(Br)ccc2F)c1F. The molecule has 20 heavy (non-hydrogen) atoms. The van der Waals surface area contributed by atoms with E-state index in [9.17, 15) is 13.6 Å². The van der Waals surface area contributed by atoms with Crippen LogP contribution in [0.3, 0.4) is 0 Å². The Labute approximate surface area is 123 Å². The second kappa shape index (κ2) is 6.13. The highest BCUT2D eigenvalue weighted by atomic mass is 79.9. The molecular weight excluding hydrogens is 330 g/mol. The fourth-order valence-electron chi connectivity index (χ4n) is 1.83. The van der Waals surface area contributed by atoms with Crippen LogP contribution in [0.15, 0.2) is 40.9 Å². The maximum atomic E-state index is 13.9. The first-order valence-corrected chi connectivity index (χ1v) is 6.62.